The van der Waals surface area contributed by atoms with Gasteiger partial charge in [-0.05, 0) is 31.4 Å². The van der Waals surface area contributed by atoms with E-state index in [0.717, 1.165) is 25.0 Å². The zero-order valence-electron chi connectivity index (χ0n) is 17.3. The summed E-state index contributed by atoms with van der Waals surface area (Å²) in [6.45, 7) is 3.88. The third-order valence-corrected chi connectivity index (χ3v) is 5.18. The minimum Gasteiger partial charge on any atom is -0.475 e. The van der Waals surface area contributed by atoms with E-state index < -0.39 is 12.1 Å². The third-order valence-electron chi connectivity index (χ3n) is 5.18. The molecule has 1 aliphatic rings. The maximum atomic E-state index is 12.9. The molecular weight excluding hydrogens is 406 g/mol. The monoisotopic (exact) mass is 430 g/mol. The van der Waals surface area contributed by atoms with Gasteiger partial charge in [0.2, 0.25) is 5.65 Å². The van der Waals surface area contributed by atoms with Crippen LogP contribution in [0.15, 0.2) is 30.6 Å². The van der Waals surface area contributed by atoms with Crippen LogP contribution in [-0.4, -0.2) is 45.0 Å². The number of aromatic nitrogens is 4. The number of nitrogens with zero attached hydrogens (tertiary/aromatic N) is 4. The molecular formula is C22H24F2N4O3. The number of hydrogen-bond acceptors (Lipinski definition) is 6. The normalized spacial score (nSPS) is 15.0. The summed E-state index contributed by atoms with van der Waals surface area (Å²) in [5.74, 6) is 0.277. The van der Waals surface area contributed by atoms with Crippen LogP contribution in [0.2, 0.25) is 0 Å². The number of carbonyl (C=O) groups is 1. The molecule has 31 heavy (non-hydrogen) atoms. The number of halogens is 2. The summed E-state index contributed by atoms with van der Waals surface area (Å²) in [4.78, 5) is 25.7. The average molecular weight is 430 g/mol. The van der Waals surface area contributed by atoms with Gasteiger partial charge >= 0.3 is 0 Å². The molecule has 0 aliphatic carbocycles. The van der Waals surface area contributed by atoms with Gasteiger partial charge in [-0.25, -0.2) is 23.7 Å². The summed E-state index contributed by atoms with van der Waals surface area (Å²) in [6.07, 6.45) is 3.47. The standard InChI is InChI=1S/C22H24F2N4O3/c1-2-8-31-22-21-27-18(14-6-9-30-10-7-14)13-28(21)12-15(25-22)11-19(29)16-4-3-5-17(26-16)20(23)24/h3-5,12-14,20H,2,6-11H2,1H3. The van der Waals surface area contributed by atoms with Crippen LogP contribution in [0.5, 0.6) is 5.88 Å². The highest BCUT2D eigenvalue weighted by Crippen LogP contribution is 2.28. The Labute approximate surface area is 178 Å². The maximum absolute atomic E-state index is 12.9. The second kappa shape index (κ2) is 9.47. The zero-order valence-corrected chi connectivity index (χ0v) is 17.3. The van der Waals surface area contributed by atoms with E-state index in [9.17, 15) is 13.6 Å². The second-order valence-corrected chi connectivity index (χ2v) is 7.52. The minimum absolute atomic E-state index is 0.00995. The lowest BCUT2D eigenvalue weighted by Crippen LogP contribution is -2.14. The van der Waals surface area contributed by atoms with Gasteiger partial charge in [0.1, 0.15) is 11.4 Å². The van der Waals surface area contributed by atoms with Crippen molar-refractivity contribution in [2.45, 2.75) is 45.0 Å². The van der Waals surface area contributed by atoms with E-state index in [4.69, 9.17) is 14.5 Å². The Morgan fingerprint density at radius 2 is 2.03 bits per heavy atom. The molecule has 0 unspecified atom stereocenters. The summed E-state index contributed by atoms with van der Waals surface area (Å²) in [5.41, 5.74) is 1.58. The zero-order chi connectivity index (χ0) is 21.8. The highest BCUT2D eigenvalue weighted by molar-refractivity contribution is 5.95. The molecule has 0 atom stereocenters. The van der Waals surface area contributed by atoms with Crippen LogP contribution in [-0.2, 0) is 11.2 Å². The van der Waals surface area contributed by atoms with Crippen LogP contribution in [0.1, 0.15) is 66.1 Å². The fraction of sp³-hybridized carbons (Fsp3) is 0.455. The van der Waals surface area contributed by atoms with Crippen LogP contribution in [0.4, 0.5) is 8.78 Å². The number of pyridine rings is 1. The van der Waals surface area contributed by atoms with E-state index in [2.05, 4.69) is 9.97 Å². The molecule has 0 saturated carbocycles. The van der Waals surface area contributed by atoms with E-state index in [1.807, 2.05) is 17.5 Å². The summed E-state index contributed by atoms with van der Waals surface area (Å²) < 4.78 is 38.9. The van der Waals surface area contributed by atoms with Gasteiger partial charge in [0, 0.05) is 31.5 Å². The van der Waals surface area contributed by atoms with E-state index >= 15 is 0 Å². The van der Waals surface area contributed by atoms with Gasteiger partial charge in [-0.15, -0.1) is 0 Å². The number of alkyl halides is 2. The summed E-state index contributed by atoms with van der Waals surface area (Å²) in [5, 5.41) is 0. The van der Waals surface area contributed by atoms with E-state index in [0.29, 0.717) is 43.0 Å². The van der Waals surface area contributed by atoms with Gasteiger partial charge < -0.3 is 13.9 Å². The first-order chi connectivity index (χ1) is 15.0. The van der Waals surface area contributed by atoms with Crippen molar-refractivity contribution in [2.24, 2.45) is 0 Å². The number of imidazole rings is 1. The highest BCUT2D eigenvalue weighted by Gasteiger charge is 2.22. The molecule has 0 bridgehead atoms. The van der Waals surface area contributed by atoms with Crippen molar-refractivity contribution in [3.8, 4) is 5.88 Å². The van der Waals surface area contributed by atoms with Crippen LogP contribution in [0, 0.1) is 0 Å². The number of carbonyl (C=O) groups excluding carboxylic acids is 1. The Balaban J connectivity index is 1.63. The molecule has 3 aromatic rings. The maximum Gasteiger partial charge on any atom is 0.280 e. The quantitative estimate of drug-likeness (QED) is 0.499. The average Bonchev–Trinajstić information content (AvgIpc) is 3.22. The molecule has 164 valence electrons. The Kier molecular flexibility index (Phi) is 6.50. The van der Waals surface area contributed by atoms with Crippen LogP contribution >= 0.6 is 0 Å². The molecule has 0 amide bonds. The third kappa shape index (κ3) is 4.87. The SMILES string of the molecule is CCCOc1nc(CC(=O)c2cccc(C(F)F)n2)cn2cc(C3CCOCC3)nc12. The molecule has 0 N–H and O–H groups in total. The second-order valence-electron chi connectivity index (χ2n) is 7.52. The molecule has 4 heterocycles. The van der Waals surface area contributed by atoms with Crippen molar-refractivity contribution < 1.29 is 23.0 Å². The van der Waals surface area contributed by atoms with Crippen molar-refractivity contribution in [1.82, 2.24) is 19.4 Å². The van der Waals surface area contributed by atoms with Gasteiger partial charge in [0.15, 0.2) is 5.78 Å². The molecule has 7 nitrogen and oxygen atoms in total. The topological polar surface area (TPSA) is 78.6 Å². The molecule has 1 fully saturated rings. The first-order valence-corrected chi connectivity index (χ1v) is 10.4. The number of hydrogen-bond donors (Lipinski definition) is 0. The predicted molar refractivity (Wildman–Crippen MR) is 109 cm³/mol. The van der Waals surface area contributed by atoms with E-state index in [-0.39, 0.29) is 17.9 Å². The number of fused-ring (bicyclic) bond motifs is 1. The molecule has 0 aromatic carbocycles. The smallest absolute Gasteiger partial charge is 0.280 e. The van der Waals surface area contributed by atoms with Gasteiger partial charge in [-0.3, -0.25) is 4.79 Å². The van der Waals surface area contributed by atoms with Crippen molar-refractivity contribution >= 4 is 11.4 Å². The number of rotatable bonds is 8. The summed E-state index contributed by atoms with van der Waals surface area (Å²) >= 11 is 0. The summed E-state index contributed by atoms with van der Waals surface area (Å²) in [7, 11) is 0. The van der Waals surface area contributed by atoms with Crippen molar-refractivity contribution in [3.05, 3.63) is 53.4 Å². The van der Waals surface area contributed by atoms with Gasteiger partial charge in [0.05, 0.1) is 24.4 Å². The molecule has 9 heteroatoms. The Morgan fingerprint density at radius 3 is 2.77 bits per heavy atom. The molecule has 1 saturated heterocycles. The first-order valence-electron chi connectivity index (χ1n) is 10.4. The van der Waals surface area contributed by atoms with Crippen LogP contribution in [0.3, 0.4) is 0 Å². The van der Waals surface area contributed by atoms with Crippen molar-refractivity contribution in [1.29, 1.82) is 0 Å². The Morgan fingerprint density at radius 1 is 1.23 bits per heavy atom. The largest absolute Gasteiger partial charge is 0.475 e. The predicted octanol–water partition coefficient (Wildman–Crippen LogP) is 4.17. The Bertz CT molecular complexity index is 1060. The van der Waals surface area contributed by atoms with Crippen molar-refractivity contribution in [2.75, 3.05) is 19.8 Å². The van der Waals surface area contributed by atoms with Gasteiger partial charge in [-0.2, -0.15) is 0 Å². The summed E-state index contributed by atoms with van der Waals surface area (Å²) in [6, 6.07) is 4.04. The van der Waals surface area contributed by atoms with Crippen LogP contribution in [0.25, 0.3) is 5.65 Å². The number of ketones is 1. The molecule has 3 aromatic heterocycles. The van der Waals surface area contributed by atoms with Crippen molar-refractivity contribution in [3.63, 3.8) is 0 Å². The lowest BCUT2D eigenvalue weighted by atomic mass is 9.97. The molecule has 4 rings (SSSR count). The number of ether oxygens (including phenoxy) is 2. The van der Waals surface area contributed by atoms with Gasteiger partial charge in [-0.1, -0.05) is 13.0 Å². The molecule has 1 aliphatic heterocycles. The number of Topliss-reactive ketones (excluding diaryl/α,β-unsaturated/α-hetero) is 1. The molecule has 0 radical (unpaired) electrons. The minimum atomic E-state index is -2.73. The van der Waals surface area contributed by atoms with E-state index in [1.165, 1.54) is 18.2 Å². The van der Waals surface area contributed by atoms with Crippen LogP contribution < -0.4 is 4.74 Å². The fourth-order valence-electron chi connectivity index (χ4n) is 3.59. The lowest BCUT2D eigenvalue weighted by molar-refractivity contribution is 0.0846. The Hall–Kier alpha value is -2.94. The lowest BCUT2D eigenvalue weighted by Gasteiger charge is -2.19. The highest BCUT2D eigenvalue weighted by atomic mass is 19.3. The first kappa shape index (κ1) is 21.3. The molecule has 0 spiro atoms. The van der Waals surface area contributed by atoms with Gasteiger partial charge in [0.25, 0.3) is 12.3 Å². The fourth-order valence-corrected chi connectivity index (χ4v) is 3.59. The van der Waals surface area contributed by atoms with E-state index in [1.54, 1.807) is 6.20 Å².